The fourth-order valence-corrected chi connectivity index (χ4v) is 3.60. The average molecular weight is 514 g/mol. The van der Waals surface area contributed by atoms with E-state index in [0.29, 0.717) is 16.9 Å². The Kier molecular flexibility index (Phi) is 8.37. The zero-order valence-corrected chi connectivity index (χ0v) is 20.9. The maximum atomic E-state index is 13.6. The predicted octanol–water partition coefficient (Wildman–Crippen LogP) is 1.66. The van der Waals surface area contributed by atoms with Crippen molar-refractivity contribution >= 4 is 34.6 Å². The first kappa shape index (κ1) is 27.0. The molecule has 3 rings (SSSR count). The minimum atomic E-state index is -1.32. The van der Waals surface area contributed by atoms with Gasteiger partial charge in [-0.1, -0.05) is 6.08 Å². The van der Waals surface area contributed by atoms with Crippen molar-refractivity contribution in [2.45, 2.75) is 25.4 Å². The fourth-order valence-electron chi connectivity index (χ4n) is 3.60. The molecule has 0 aliphatic carbocycles. The van der Waals surface area contributed by atoms with E-state index in [9.17, 15) is 28.7 Å². The molecule has 3 aromatic rings. The van der Waals surface area contributed by atoms with Crippen LogP contribution < -0.4 is 10.9 Å². The van der Waals surface area contributed by atoms with Crippen molar-refractivity contribution in [3.63, 3.8) is 0 Å². The van der Waals surface area contributed by atoms with Gasteiger partial charge in [0.25, 0.3) is 5.56 Å². The van der Waals surface area contributed by atoms with Gasteiger partial charge in [0.15, 0.2) is 0 Å². The van der Waals surface area contributed by atoms with Gasteiger partial charge in [-0.15, -0.1) is 0 Å². The lowest BCUT2D eigenvalue weighted by molar-refractivity contribution is -0.123. The number of fused-ring (bicyclic) bond motifs is 1. The number of nitrogens with one attached hydrogen (secondary N) is 1. The first-order chi connectivity index (χ1) is 17.5. The largest absolute Gasteiger partial charge is 0.465 e. The summed E-state index contributed by atoms with van der Waals surface area (Å²) in [5.74, 6) is -0.918. The SMILES string of the molecule is CN(C)C(=O)/C=C/CC[C@@H](C(=O)Nc1cncn(Cc2nc3cc(F)ccc3n2C)c1=O)N(C)C(=O)O. The zero-order chi connectivity index (χ0) is 27.3. The van der Waals surface area contributed by atoms with Gasteiger partial charge in [0.05, 0.1) is 30.1 Å². The van der Waals surface area contributed by atoms with Crippen molar-refractivity contribution in [3.05, 3.63) is 64.9 Å². The number of halogens is 1. The summed E-state index contributed by atoms with van der Waals surface area (Å²) in [5.41, 5.74) is 0.404. The van der Waals surface area contributed by atoms with E-state index in [2.05, 4.69) is 15.3 Å². The molecule has 0 unspecified atom stereocenters. The number of likely N-dealkylation sites (N-methyl/N-ethyl adjacent to an activating group) is 2. The number of carbonyl (C=O) groups excluding carboxylic acids is 2. The molecule has 0 saturated carbocycles. The maximum Gasteiger partial charge on any atom is 0.407 e. The standard InChI is InChI=1S/C24H28FN7O5/c1-29(2)21(33)8-6-5-7-19(31(4)24(36)37)22(34)28-17-12-26-14-32(23(17)35)13-20-27-16-11-15(25)9-10-18(16)30(20)3/h6,8-12,14,19H,5,7,13H2,1-4H3,(H,28,34)(H,36,37)/b8-6+/t19-/m0/s1. The third kappa shape index (κ3) is 6.37. The number of imidazole rings is 1. The molecule has 0 spiro atoms. The van der Waals surface area contributed by atoms with Crippen molar-refractivity contribution in [2.75, 3.05) is 26.5 Å². The molecule has 0 fully saturated rings. The lowest BCUT2D eigenvalue weighted by Gasteiger charge is -2.24. The van der Waals surface area contributed by atoms with Crippen molar-refractivity contribution in [3.8, 4) is 0 Å². The van der Waals surface area contributed by atoms with Crippen molar-refractivity contribution in [2.24, 2.45) is 7.05 Å². The second-order valence-corrected chi connectivity index (χ2v) is 8.57. The number of aromatic nitrogens is 4. The van der Waals surface area contributed by atoms with Crippen LogP contribution in [0, 0.1) is 5.82 Å². The summed E-state index contributed by atoms with van der Waals surface area (Å²) in [6, 6.07) is 3.07. The van der Waals surface area contributed by atoms with Gasteiger partial charge in [0, 0.05) is 34.3 Å². The quantitative estimate of drug-likeness (QED) is 0.414. The fraction of sp³-hybridized carbons (Fsp3) is 0.333. The normalized spacial score (nSPS) is 12.0. The van der Waals surface area contributed by atoms with Crippen LogP contribution in [0.15, 0.2) is 47.7 Å². The summed E-state index contributed by atoms with van der Waals surface area (Å²) in [4.78, 5) is 59.8. The van der Waals surface area contributed by atoms with Crippen molar-refractivity contribution < 1.29 is 23.9 Å². The highest BCUT2D eigenvalue weighted by atomic mass is 19.1. The molecular weight excluding hydrogens is 485 g/mol. The predicted molar refractivity (Wildman–Crippen MR) is 134 cm³/mol. The van der Waals surface area contributed by atoms with Crippen molar-refractivity contribution in [1.29, 1.82) is 0 Å². The molecule has 13 heteroatoms. The van der Waals surface area contributed by atoms with E-state index in [1.807, 2.05) is 0 Å². The third-order valence-corrected chi connectivity index (χ3v) is 5.79. The van der Waals surface area contributed by atoms with E-state index in [-0.39, 0.29) is 31.0 Å². The molecule has 1 aromatic carbocycles. The molecule has 0 aliphatic heterocycles. The molecule has 0 saturated heterocycles. The molecule has 0 aliphatic rings. The zero-order valence-electron chi connectivity index (χ0n) is 20.9. The van der Waals surface area contributed by atoms with Gasteiger partial charge in [-0.25, -0.2) is 19.2 Å². The van der Waals surface area contributed by atoms with Crippen LogP contribution in [-0.4, -0.2) is 79.1 Å². The van der Waals surface area contributed by atoms with Gasteiger partial charge in [-0.05, 0) is 31.1 Å². The molecule has 0 bridgehead atoms. The number of aryl methyl sites for hydroxylation is 1. The Morgan fingerprint density at radius 2 is 1.97 bits per heavy atom. The average Bonchev–Trinajstić information content (AvgIpc) is 3.14. The number of rotatable bonds is 9. The van der Waals surface area contributed by atoms with Crippen LogP contribution in [0.2, 0.25) is 0 Å². The molecule has 2 N–H and O–H groups in total. The summed E-state index contributed by atoms with van der Waals surface area (Å²) in [6.45, 7) is 0.00545. The smallest absolute Gasteiger partial charge is 0.407 e. The van der Waals surface area contributed by atoms with E-state index < -0.39 is 29.4 Å². The second-order valence-electron chi connectivity index (χ2n) is 8.57. The van der Waals surface area contributed by atoms with Crippen LogP contribution >= 0.6 is 0 Å². The Balaban J connectivity index is 1.79. The minimum absolute atomic E-state index is 0.00545. The van der Waals surface area contributed by atoms with Gasteiger partial charge in [0.2, 0.25) is 11.8 Å². The van der Waals surface area contributed by atoms with Gasteiger partial charge >= 0.3 is 6.09 Å². The lowest BCUT2D eigenvalue weighted by atomic mass is 10.1. The highest BCUT2D eigenvalue weighted by Gasteiger charge is 2.27. The van der Waals surface area contributed by atoms with E-state index in [1.165, 1.54) is 47.2 Å². The highest BCUT2D eigenvalue weighted by Crippen LogP contribution is 2.17. The second kappa shape index (κ2) is 11.5. The van der Waals surface area contributed by atoms with E-state index in [4.69, 9.17) is 0 Å². The van der Waals surface area contributed by atoms with Crippen LogP contribution in [0.3, 0.4) is 0 Å². The number of amides is 3. The molecular formula is C24H28FN7O5. The minimum Gasteiger partial charge on any atom is -0.465 e. The van der Waals surface area contributed by atoms with Crippen LogP contribution in [0.25, 0.3) is 11.0 Å². The monoisotopic (exact) mass is 513 g/mol. The van der Waals surface area contributed by atoms with E-state index in [1.54, 1.807) is 37.9 Å². The first-order valence-electron chi connectivity index (χ1n) is 11.3. The Morgan fingerprint density at radius 3 is 2.65 bits per heavy atom. The summed E-state index contributed by atoms with van der Waals surface area (Å²) in [5, 5.41) is 11.9. The Hall–Kier alpha value is -4.55. The molecule has 37 heavy (non-hydrogen) atoms. The molecule has 2 aromatic heterocycles. The van der Waals surface area contributed by atoms with Gasteiger partial charge in [0.1, 0.15) is 23.4 Å². The first-order valence-corrected chi connectivity index (χ1v) is 11.3. The number of allylic oxidation sites excluding steroid dienone is 1. The van der Waals surface area contributed by atoms with E-state index >= 15 is 0 Å². The molecule has 3 amide bonds. The molecule has 1 atom stereocenters. The van der Waals surface area contributed by atoms with Gasteiger partial charge in [-0.3, -0.25) is 23.9 Å². The summed E-state index contributed by atoms with van der Waals surface area (Å²) in [7, 11) is 6.17. The number of anilines is 1. The summed E-state index contributed by atoms with van der Waals surface area (Å²) < 4.78 is 16.5. The van der Waals surface area contributed by atoms with E-state index in [0.717, 1.165) is 4.90 Å². The lowest BCUT2D eigenvalue weighted by Crippen LogP contribution is -2.45. The maximum absolute atomic E-state index is 13.6. The number of hydrogen-bond donors (Lipinski definition) is 2. The van der Waals surface area contributed by atoms with Crippen LogP contribution in [0.5, 0.6) is 0 Å². The Labute approximate surface area is 211 Å². The van der Waals surface area contributed by atoms with Crippen molar-refractivity contribution in [1.82, 2.24) is 28.9 Å². The number of carbonyl (C=O) groups is 3. The topological polar surface area (TPSA) is 143 Å². The molecule has 2 heterocycles. The number of benzene rings is 1. The Morgan fingerprint density at radius 1 is 1.24 bits per heavy atom. The molecule has 12 nitrogen and oxygen atoms in total. The number of carboxylic acid groups (broad SMARTS) is 1. The van der Waals surface area contributed by atoms with Crippen LogP contribution in [0.1, 0.15) is 18.7 Å². The van der Waals surface area contributed by atoms with Crippen LogP contribution in [0.4, 0.5) is 14.9 Å². The highest BCUT2D eigenvalue weighted by molar-refractivity contribution is 5.96. The summed E-state index contributed by atoms with van der Waals surface area (Å²) >= 11 is 0. The summed E-state index contributed by atoms with van der Waals surface area (Å²) in [6.07, 6.45) is 4.36. The molecule has 0 radical (unpaired) electrons. The number of hydrogen-bond acceptors (Lipinski definition) is 6. The van der Waals surface area contributed by atoms with Crippen LogP contribution in [-0.2, 0) is 23.2 Å². The Bertz CT molecular complexity index is 1410. The third-order valence-electron chi connectivity index (χ3n) is 5.79. The van der Waals surface area contributed by atoms with Gasteiger partial charge in [-0.2, -0.15) is 0 Å². The molecule has 196 valence electrons. The van der Waals surface area contributed by atoms with Gasteiger partial charge < -0.3 is 19.9 Å². The number of nitrogens with zero attached hydrogens (tertiary/aromatic N) is 6.